The minimum absolute atomic E-state index is 0.0537. The summed E-state index contributed by atoms with van der Waals surface area (Å²) in [6.45, 7) is 2.26. The van der Waals surface area contributed by atoms with Crippen LogP contribution in [0.15, 0.2) is 24.3 Å². The molecule has 0 unspecified atom stereocenters. The summed E-state index contributed by atoms with van der Waals surface area (Å²) in [6.07, 6.45) is 2.07. The van der Waals surface area contributed by atoms with Crippen molar-refractivity contribution in [2.24, 2.45) is 0 Å². The minimum Gasteiger partial charge on any atom is -0.489 e. The van der Waals surface area contributed by atoms with Crippen LogP contribution >= 0.6 is 0 Å². The predicted octanol–water partition coefficient (Wildman–Crippen LogP) is 2.68. The SMILES string of the molecule is CC(=O)O[C@@H](C#CCO[C@H]1CCCCO1)COc1ccc(F)cc1. The summed E-state index contributed by atoms with van der Waals surface area (Å²) in [5, 5.41) is 0. The first-order valence-corrected chi connectivity index (χ1v) is 7.90. The Kier molecular flexibility index (Phi) is 7.53. The van der Waals surface area contributed by atoms with Crippen molar-refractivity contribution in [1.29, 1.82) is 0 Å². The number of carbonyl (C=O) groups excluding carboxylic acids is 1. The first-order valence-electron chi connectivity index (χ1n) is 7.90. The Labute approximate surface area is 141 Å². The zero-order chi connectivity index (χ0) is 17.2. The fraction of sp³-hybridized carbons (Fsp3) is 0.500. The summed E-state index contributed by atoms with van der Waals surface area (Å²) in [4.78, 5) is 11.1. The number of carbonyl (C=O) groups is 1. The van der Waals surface area contributed by atoms with Crippen molar-refractivity contribution in [1.82, 2.24) is 0 Å². The van der Waals surface area contributed by atoms with Crippen LogP contribution in [0.25, 0.3) is 0 Å². The summed E-state index contributed by atoms with van der Waals surface area (Å²) in [6, 6.07) is 5.58. The second-order valence-corrected chi connectivity index (χ2v) is 5.29. The molecule has 1 saturated heterocycles. The molecule has 1 aliphatic rings. The van der Waals surface area contributed by atoms with Crippen LogP contribution in [0.1, 0.15) is 26.2 Å². The fourth-order valence-corrected chi connectivity index (χ4v) is 2.14. The van der Waals surface area contributed by atoms with Gasteiger partial charge in [-0.15, -0.1) is 0 Å². The molecule has 0 radical (unpaired) electrons. The molecule has 1 fully saturated rings. The molecule has 0 amide bonds. The van der Waals surface area contributed by atoms with Crippen LogP contribution in [0, 0.1) is 17.7 Å². The van der Waals surface area contributed by atoms with Gasteiger partial charge in [-0.3, -0.25) is 4.79 Å². The molecule has 0 aliphatic carbocycles. The van der Waals surface area contributed by atoms with E-state index in [0.717, 1.165) is 19.3 Å². The van der Waals surface area contributed by atoms with Crippen LogP contribution in [0.2, 0.25) is 0 Å². The molecular weight excluding hydrogens is 315 g/mol. The van der Waals surface area contributed by atoms with Crippen LogP contribution in [-0.4, -0.2) is 38.2 Å². The Hall–Kier alpha value is -2.10. The highest BCUT2D eigenvalue weighted by molar-refractivity contribution is 5.66. The Morgan fingerprint density at radius 1 is 1.38 bits per heavy atom. The zero-order valence-electron chi connectivity index (χ0n) is 13.6. The first kappa shape index (κ1) is 18.2. The van der Waals surface area contributed by atoms with Gasteiger partial charge in [-0.05, 0) is 43.5 Å². The maximum absolute atomic E-state index is 12.8. The van der Waals surface area contributed by atoms with E-state index < -0.39 is 12.1 Å². The van der Waals surface area contributed by atoms with Crippen LogP contribution in [0.3, 0.4) is 0 Å². The Balaban J connectivity index is 1.80. The lowest BCUT2D eigenvalue weighted by molar-refractivity contribution is -0.154. The van der Waals surface area contributed by atoms with Gasteiger partial charge in [0.15, 0.2) is 12.4 Å². The molecule has 1 aromatic rings. The second-order valence-electron chi connectivity index (χ2n) is 5.29. The van der Waals surface area contributed by atoms with Gasteiger partial charge < -0.3 is 18.9 Å². The summed E-state index contributed by atoms with van der Waals surface area (Å²) in [7, 11) is 0. The van der Waals surface area contributed by atoms with Crippen molar-refractivity contribution < 1.29 is 28.1 Å². The van der Waals surface area contributed by atoms with Gasteiger partial charge in [0.2, 0.25) is 0 Å². The van der Waals surface area contributed by atoms with Crippen molar-refractivity contribution in [3.05, 3.63) is 30.1 Å². The summed E-state index contributed by atoms with van der Waals surface area (Å²) in [5.74, 6) is 5.29. The number of esters is 1. The zero-order valence-corrected chi connectivity index (χ0v) is 13.6. The van der Waals surface area contributed by atoms with E-state index in [9.17, 15) is 9.18 Å². The Bertz CT molecular complexity index is 569. The predicted molar refractivity (Wildman–Crippen MR) is 84.8 cm³/mol. The maximum atomic E-state index is 12.8. The average Bonchev–Trinajstić information content (AvgIpc) is 2.58. The van der Waals surface area contributed by atoms with Gasteiger partial charge in [0.25, 0.3) is 0 Å². The van der Waals surface area contributed by atoms with Gasteiger partial charge in [-0.2, -0.15) is 0 Å². The molecule has 2 atom stereocenters. The Morgan fingerprint density at radius 2 is 2.17 bits per heavy atom. The molecular formula is C18H21FO5. The molecule has 1 heterocycles. The van der Waals surface area contributed by atoms with E-state index in [0.29, 0.717) is 12.4 Å². The van der Waals surface area contributed by atoms with Gasteiger partial charge in [-0.1, -0.05) is 11.8 Å². The van der Waals surface area contributed by atoms with Crippen LogP contribution < -0.4 is 4.74 Å². The van der Waals surface area contributed by atoms with Crippen LogP contribution in [0.5, 0.6) is 5.75 Å². The summed E-state index contributed by atoms with van der Waals surface area (Å²) >= 11 is 0. The molecule has 1 aliphatic heterocycles. The third kappa shape index (κ3) is 6.99. The molecule has 130 valence electrons. The number of ether oxygens (including phenoxy) is 4. The van der Waals surface area contributed by atoms with Crippen molar-refractivity contribution in [2.45, 2.75) is 38.6 Å². The highest BCUT2D eigenvalue weighted by atomic mass is 19.1. The number of hydrogen-bond acceptors (Lipinski definition) is 5. The normalized spacial score (nSPS) is 18.2. The average molecular weight is 336 g/mol. The lowest BCUT2D eigenvalue weighted by Crippen LogP contribution is -2.23. The van der Waals surface area contributed by atoms with Gasteiger partial charge in [0.05, 0.1) is 0 Å². The Morgan fingerprint density at radius 3 is 2.83 bits per heavy atom. The molecule has 0 aromatic heterocycles. The highest BCUT2D eigenvalue weighted by Crippen LogP contribution is 2.13. The number of hydrogen-bond donors (Lipinski definition) is 0. The smallest absolute Gasteiger partial charge is 0.303 e. The topological polar surface area (TPSA) is 54.0 Å². The minimum atomic E-state index is -0.719. The van der Waals surface area contributed by atoms with E-state index in [4.69, 9.17) is 18.9 Å². The quantitative estimate of drug-likeness (QED) is 0.590. The summed E-state index contributed by atoms with van der Waals surface area (Å²) < 4.78 is 34.3. The van der Waals surface area contributed by atoms with E-state index >= 15 is 0 Å². The molecule has 5 nitrogen and oxygen atoms in total. The molecule has 2 rings (SSSR count). The first-order chi connectivity index (χ1) is 11.6. The lowest BCUT2D eigenvalue weighted by Gasteiger charge is -2.21. The van der Waals surface area contributed by atoms with Gasteiger partial charge in [0.1, 0.15) is 24.8 Å². The molecule has 0 saturated carbocycles. The van der Waals surface area contributed by atoms with Crippen molar-refractivity contribution in [3.8, 4) is 17.6 Å². The monoisotopic (exact) mass is 336 g/mol. The molecule has 1 aromatic carbocycles. The third-order valence-electron chi connectivity index (χ3n) is 3.27. The lowest BCUT2D eigenvalue weighted by atomic mass is 10.2. The second kappa shape index (κ2) is 9.91. The molecule has 6 heteroatoms. The van der Waals surface area contributed by atoms with Gasteiger partial charge >= 0.3 is 5.97 Å². The molecule has 0 spiro atoms. The van der Waals surface area contributed by atoms with Crippen molar-refractivity contribution in [2.75, 3.05) is 19.8 Å². The molecule has 0 N–H and O–H groups in total. The van der Waals surface area contributed by atoms with Gasteiger partial charge in [-0.25, -0.2) is 4.39 Å². The largest absolute Gasteiger partial charge is 0.489 e. The summed E-state index contributed by atoms with van der Waals surface area (Å²) in [5.41, 5.74) is 0. The van der Waals surface area contributed by atoms with E-state index in [1.807, 2.05) is 0 Å². The third-order valence-corrected chi connectivity index (χ3v) is 3.27. The van der Waals surface area contributed by atoms with Crippen LogP contribution in [-0.2, 0) is 19.0 Å². The number of halogens is 1. The van der Waals surface area contributed by atoms with E-state index in [1.165, 1.54) is 31.2 Å². The fourth-order valence-electron chi connectivity index (χ4n) is 2.14. The molecule has 24 heavy (non-hydrogen) atoms. The molecule has 0 bridgehead atoms. The van der Waals surface area contributed by atoms with Crippen LogP contribution in [0.4, 0.5) is 4.39 Å². The van der Waals surface area contributed by atoms with Gasteiger partial charge in [0, 0.05) is 13.5 Å². The standard InChI is InChI=1S/C18H21FO5/c1-14(20)24-17(13-23-16-9-7-15(19)8-10-16)5-4-12-22-18-6-2-3-11-21-18/h7-10,17-18H,2-3,6,11-13H2,1H3/t17-,18-/m0/s1. The number of rotatable bonds is 6. The van der Waals surface area contributed by atoms with Crippen molar-refractivity contribution in [3.63, 3.8) is 0 Å². The highest BCUT2D eigenvalue weighted by Gasteiger charge is 2.13. The van der Waals surface area contributed by atoms with E-state index in [-0.39, 0.29) is 25.3 Å². The van der Waals surface area contributed by atoms with E-state index in [1.54, 1.807) is 0 Å². The van der Waals surface area contributed by atoms with Crippen molar-refractivity contribution >= 4 is 5.97 Å². The van der Waals surface area contributed by atoms with E-state index in [2.05, 4.69) is 11.8 Å². The maximum Gasteiger partial charge on any atom is 0.303 e. The number of benzene rings is 1.